The van der Waals surface area contributed by atoms with Gasteiger partial charge in [0.25, 0.3) is 5.91 Å². The quantitative estimate of drug-likeness (QED) is 0.417. The summed E-state index contributed by atoms with van der Waals surface area (Å²) < 4.78 is 54.4. The second-order valence-electron chi connectivity index (χ2n) is 6.64. The molecule has 158 valence electrons. The van der Waals surface area contributed by atoms with Gasteiger partial charge in [0, 0.05) is 11.8 Å². The lowest BCUT2D eigenvalue weighted by atomic mass is 10.1. The van der Waals surface area contributed by atoms with Crippen molar-refractivity contribution in [2.24, 2.45) is 0 Å². The molecule has 4 aromatic rings. The van der Waals surface area contributed by atoms with Gasteiger partial charge in [-0.25, -0.2) is 14.4 Å². The third-order valence-electron chi connectivity index (χ3n) is 4.49. The number of carbonyl (C=O) groups excluding carboxylic acids is 1. The summed E-state index contributed by atoms with van der Waals surface area (Å²) in [5, 5.41) is 2.61. The molecular weight excluding hydrogens is 436 g/mol. The molecule has 31 heavy (non-hydrogen) atoms. The van der Waals surface area contributed by atoms with Crippen LogP contribution in [0.25, 0.3) is 11.2 Å². The fourth-order valence-corrected chi connectivity index (χ4v) is 3.27. The van der Waals surface area contributed by atoms with Gasteiger partial charge < -0.3 is 9.88 Å². The van der Waals surface area contributed by atoms with Gasteiger partial charge in [0.05, 0.1) is 17.3 Å². The number of hydrogen-bond acceptors (Lipinski definition) is 3. The molecular formula is C21H13ClF4N4O. The molecule has 1 N–H and O–H groups in total. The van der Waals surface area contributed by atoms with E-state index in [1.807, 2.05) is 0 Å². The fraction of sp³-hybridized carbons (Fsp3) is 0.0952. The maximum atomic E-state index is 13.4. The van der Waals surface area contributed by atoms with Gasteiger partial charge in [-0.05, 0) is 48.0 Å². The fourth-order valence-electron chi connectivity index (χ4n) is 3.05. The van der Waals surface area contributed by atoms with Gasteiger partial charge in [-0.3, -0.25) is 4.79 Å². The number of amides is 1. The third-order valence-corrected chi connectivity index (χ3v) is 4.81. The molecule has 0 aliphatic carbocycles. The van der Waals surface area contributed by atoms with Crippen LogP contribution in [0.2, 0.25) is 5.02 Å². The Hall–Kier alpha value is -3.46. The number of pyridine rings is 1. The molecule has 0 unspecified atom stereocenters. The van der Waals surface area contributed by atoms with Crippen molar-refractivity contribution in [2.75, 3.05) is 5.32 Å². The average Bonchev–Trinajstić information content (AvgIpc) is 3.10. The zero-order valence-electron chi connectivity index (χ0n) is 15.6. The van der Waals surface area contributed by atoms with Crippen LogP contribution in [0.4, 0.5) is 23.2 Å². The maximum absolute atomic E-state index is 13.4. The molecule has 2 heterocycles. The zero-order chi connectivity index (χ0) is 22.2. The van der Waals surface area contributed by atoms with E-state index >= 15 is 0 Å². The van der Waals surface area contributed by atoms with Gasteiger partial charge in [-0.2, -0.15) is 13.2 Å². The molecule has 0 atom stereocenters. The Labute approximate surface area is 178 Å². The van der Waals surface area contributed by atoms with Gasteiger partial charge in [-0.15, -0.1) is 0 Å². The molecule has 0 aliphatic heterocycles. The minimum absolute atomic E-state index is 0.0455. The van der Waals surface area contributed by atoms with Crippen LogP contribution in [0.5, 0.6) is 0 Å². The minimum atomic E-state index is -4.64. The lowest BCUT2D eigenvalue weighted by Crippen LogP contribution is -2.16. The number of nitrogens with one attached hydrogen (secondary N) is 1. The van der Waals surface area contributed by atoms with Crippen molar-refractivity contribution in [2.45, 2.75) is 12.7 Å². The smallest absolute Gasteiger partial charge is 0.321 e. The van der Waals surface area contributed by atoms with Crippen molar-refractivity contribution >= 4 is 34.4 Å². The van der Waals surface area contributed by atoms with Crippen molar-refractivity contribution in [3.05, 3.63) is 88.6 Å². The monoisotopic (exact) mass is 448 g/mol. The number of nitrogens with zero attached hydrogens (tertiary/aromatic N) is 3. The Bertz CT molecular complexity index is 1270. The Kier molecular flexibility index (Phi) is 5.36. The topological polar surface area (TPSA) is 59.8 Å². The molecule has 0 aliphatic rings. The number of alkyl halides is 3. The molecule has 0 radical (unpaired) electrons. The van der Waals surface area contributed by atoms with Crippen LogP contribution in [0.3, 0.4) is 0 Å². The molecule has 5 nitrogen and oxygen atoms in total. The number of hydrogen-bond donors (Lipinski definition) is 1. The standard InChI is InChI=1S/C21H13ClF4N4O/c22-15-10-14(23)7-8-16(15)28-19(31)13-5-3-12(4-6-13)11-30-18-17(2-1-9-27-18)29-20(30)21(24,25)26/h1-10H,11H2,(H,28,31). The van der Waals surface area contributed by atoms with E-state index in [2.05, 4.69) is 15.3 Å². The van der Waals surface area contributed by atoms with Crippen LogP contribution in [0, 0.1) is 5.82 Å². The van der Waals surface area contributed by atoms with E-state index in [4.69, 9.17) is 11.6 Å². The molecule has 4 rings (SSSR count). The highest BCUT2D eigenvalue weighted by atomic mass is 35.5. The van der Waals surface area contributed by atoms with Crippen molar-refractivity contribution < 1.29 is 22.4 Å². The summed E-state index contributed by atoms with van der Waals surface area (Å²) >= 11 is 5.90. The summed E-state index contributed by atoms with van der Waals surface area (Å²) in [5.74, 6) is -2.08. The molecule has 0 saturated carbocycles. The second kappa shape index (κ2) is 7.99. The van der Waals surface area contributed by atoms with Gasteiger partial charge >= 0.3 is 6.18 Å². The molecule has 10 heteroatoms. The average molecular weight is 449 g/mol. The third kappa shape index (κ3) is 4.36. The molecule has 2 aromatic heterocycles. The number of anilines is 1. The van der Waals surface area contributed by atoms with E-state index in [9.17, 15) is 22.4 Å². The van der Waals surface area contributed by atoms with Crippen LogP contribution >= 0.6 is 11.6 Å². The normalized spacial score (nSPS) is 11.6. The van der Waals surface area contributed by atoms with E-state index in [0.717, 1.165) is 16.7 Å². The van der Waals surface area contributed by atoms with Crippen molar-refractivity contribution in [3.8, 4) is 0 Å². The number of carbonyl (C=O) groups is 1. The highest BCUT2D eigenvalue weighted by Crippen LogP contribution is 2.31. The van der Waals surface area contributed by atoms with Crippen molar-refractivity contribution in [3.63, 3.8) is 0 Å². The van der Waals surface area contributed by atoms with Crippen LogP contribution in [-0.2, 0) is 12.7 Å². The molecule has 2 aromatic carbocycles. The SMILES string of the molecule is O=C(Nc1ccc(F)cc1Cl)c1ccc(Cn2c(C(F)(F)F)nc3cccnc32)cc1. The first kappa shape index (κ1) is 20.8. The van der Waals surface area contributed by atoms with Crippen molar-refractivity contribution in [1.82, 2.24) is 14.5 Å². The number of halogens is 5. The van der Waals surface area contributed by atoms with Crippen LogP contribution in [-0.4, -0.2) is 20.4 Å². The molecule has 0 bridgehead atoms. The number of imidazole rings is 1. The van der Waals surface area contributed by atoms with Gasteiger partial charge in [-0.1, -0.05) is 23.7 Å². The number of fused-ring (bicyclic) bond motifs is 1. The Morgan fingerprint density at radius 2 is 1.84 bits per heavy atom. The summed E-state index contributed by atoms with van der Waals surface area (Å²) in [4.78, 5) is 20.1. The molecule has 1 amide bonds. The predicted octanol–water partition coefficient (Wildman–Crippen LogP) is 5.54. The van der Waals surface area contributed by atoms with E-state index in [1.54, 1.807) is 0 Å². The van der Waals surface area contributed by atoms with Gasteiger partial charge in [0.1, 0.15) is 11.3 Å². The van der Waals surface area contributed by atoms with Gasteiger partial charge in [0.2, 0.25) is 5.82 Å². The van der Waals surface area contributed by atoms with E-state index in [0.29, 0.717) is 5.56 Å². The summed E-state index contributed by atoms with van der Waals surface area (Å²) in [7, 11) is 0. The highest BCUT2D eigenvalue weighted by Gasteiger charge is 2.37. The molecule has 0 fully saturated rings. The van der Waals surface area contributed by atoms with E-state index < -0.39 is 23.7 Å². The maximum Gasteiger partial charge on any atom is 0.449 e. The number of benzene rings is 2. The van der Waals surface area contributed by atoms with Gasteiger partial charge in [0.15, 0.2) is 5.65 Å². The molecule has 0 saturated heterocycles. The Morgan fingerprint density at radius 3 is 2.52 bits per heavy atom. The lowest BCUT2D eigenvalue weighted by Gasteiger charge is -2.12. The van der Waals surface area contributed by atoms with E-state index in [1.165, 1.54) is 48.7 Å². The molecule has 0 spiro atoms. The summed E-state index contributed by atoms with van der Waals surface area (Å²) in [6.07, 6.45) is -3.25. The zero-order valence-corrected chi connectivity index (χ0v) is 16.4. The van der Waals surface area contributed by atoms with Crippen LogP contribution in [0.1, 0.15) is 21.7 Å². The summed E-state index contributed by atoms with van der Waals surface area (Å²) in [6, 6.07) is 12.6. The Morgan fingerprint density at radius 1 is 1.10 bits per heavy atom. The minimum Gasteiger partial charge on any atom is -0.321 e. The number of aromatic nitrogens is 3. The largest absolute Gasteiger partial charge is 0.449 e. The van der Waals surface area contributed by atoms with E-state index in [-0.39, 0.29) is 34.0 Å². The van der Waals surface area contributed by atoms with Crippen molar-refractivity contribution in [1.29, 1.82) is 0 Å². The first-order valence-electron chi connectivity index (χ1n) is 8.96. The number of rotatable bonds is 4. The first-order valence-corrected chi connectivity index (χ1v) is 9.34. The van der Waals surface area contributed by atoms with Crippen LogP contribution in [0.15, 0.2) is 60.8 Å². The highest BCUT2D eigenvalue weighted by molar-refractivity contribution is 6.33. The summed E-state index contributed by atoms with van der Waals surface area (Å²) in [6.45, 7) is -0.131. The Balaban J connectivity index is 1.57. The van der Waals surface area contributed by atoms with Crippen LogP contribution < -0.4 is 5.32 Å². The predicted molar refractivity (Wildman–Crippen MR) is 107 cm³/mol. The lowest BCUT2D eigenvalue weighted by molar-refractivity contribution is -0.146. The summed E-state index contributed by atoms with van der Waals surface area (Å²) in [5.41, 5.74) is 1.27. The first-order chi connectivity index (χ1) is 14.7. The second-order valence-corrected chi connectivity index (χ2v) is 7.05.